The predicted molar refractivity (Wildman–Crippen MR) is 150 cm³/mol. The molecule has 3 aromatic carbocycles. The number of halogens is 1. The lowest BCUT2D eigenvalue weighted by molar-refractivity contribution is -0.130. The second kappa shape index (κ2) is 11.8. The lowest BCUT2D eigenvalue weighted by Crippen LogP contribution is -2.55. The first-order valence-electron chi connectivity index (χ1n) is 12.5. The molecule has 0 aliphatic carbocycles. The molecule has 1 unspecified atom stereocenters. The smallest absolute Gasteiger partial charge is 0.255 e. The third kappa shape index (κ3) is 5.76. The maximum Gasteiger partial charge on any atom is 0.255 e. The number of rotatable bonds is 7. The lowest BCUT2D eigenvalue weighted by atomic mass is 10.1. The van der Waals surface area contributed by atoms with E-state index in [4.69, 9.17) is 11.6 Å². The van der Waals surface area contributed by atoms with Gasteiger partial charge in [0.15, 0.2) is 5.16 Å². The van der Waals surface area contributed by atoms with Gasteiger partial charge in [0.1, 0.15) is 5.82 Å². The van der Waals surface area contributed by atoms with Crippen molar-refractivity contribution < 1.29 is 9.59 Å². The van der Waals surface area contributed by atoms with E-state index in [1.807, 2.05) is 64.9 Å². The molecule has 194 valence electrons. The SMILES string of the molecule is CC1CN(C(=O)CSc2nnc(Cc3ccccc3)n2-c2ccccc2)CCN1C(=O)c1ccccc1Cl. The summed E-state index contributed by atoms with van der Waals surface area (Å²) in [6.07, 6.45) is 0.635. The predicted octanol–water partition coefficient (Wildman–Crippen LogP) is 4.98. The van der Waals surface area contributed by atoms with Crippen LogP contribution in [0.25, 0.3) is 5.69 Å². The molecule has 0 N–H and O–H groups in total. The molecule has 1 aromatic heterocycles. The van der Waals surface area contributed by atoms with E-state index in [0.29, 0.717) is 41.8 Å². The number of carbonyl (C=O) groups excluding carboxylic acids is 2. The van der Waals surface area contributed by atoms with Gasteiger partial charge < -0.3 is 9.80 Å². The number of para-hydroxylation sites is 1. The molecule has 2 heterocycles. The molecule has 1 aliphatic rings. The van der Waals surface area contributed by atoms with Crippen molar-refractivity contribution in [1.82, 2.24) is 24.6 Å². The molecular formula is C29H28ClN5O2S. The molecule has 1 atom stereocenters. The van der Waals surface area contributed by atoms with Crippen LogP contribution in [0.1, 0.15) is 28.7 Å². The van der Waals surface area contributed by atoms with Crippen LogP contribution in [0, 0.1) is 0 Å². The number of hydrogen-bond donors (Lipinski definition) is 0. The highest BCUT2D eigenvalue weighted by molar-refractivity contribution is 7.99. The van der Waals surface area contributed by atoms with Crippen LogP contribution in [0.4, 0.5) is 0 Å². The number of piperazine rings is 1. The summed E-state index contributed by atoms with van der Waals surface area (Å²) in [5.74, 6) is 0.963. The molecule has 4 aromatic rings. The van der Waals surface area contributed by atoms with Crippen molar-refractivity contribution in [2.24, 2.45) is 0 Å². The Hall–Kier alpha value is -3.62. The van der Waals surface area contributed by atoms with Gasteiger partial charge in [-0.05, 0) is 36.8 Å². The molecule has 5 rings (SSSR count). The zero-order valence-corrected chi connectivity index (χ0v) is 22.6. The fraction of sp³-hybridized carbons (Fsp3) is 0.241. The van der Waals surface area contributed by atoms with Gasteiger partial charge in [-0.15, -0.1) is 10.2 Å². The summed E-state index contributed by atoms with van der Waals surface area (Å²) in [4.78, 5) is 29.8. The summed E-state index contributed by atoms with van der Waals surface area (Å²) in [6.45, 7) is 3.37. The number of nitrogens with zero attached hydrogens (tertiary/aromatic N) is 5. The Bertz CT molecular complexity index is 1410. The molecule has 7 nitrogen and oxygen atoms in total. The van der Waals surface area contributed by atoms with Crippen LogP contribution in [0.3, 0.4) is 0 Å². The maximum absolute atomic E-state index is 13.2. The Labute approximate surface area is 231 Å². The fourth-order valence-corrected chi connectivity index (χ4v) is 5.71. The maximum atomic E-state index is 13.2. The van der Waals surface area contributed by atoms with Crippen molar-refractivity contribution in [3.05, 3.63) is 107 Å². The largest absolute Gasteiger partial charge is 0.338 e. The average molecular weight is 546 g/mol. The van der Waals surface area contributed by atoms with Crippen molar-refractivity contribution >= 4 is 35.2 Å². The number of aromatic nitrogens is 3. The van der Waals surface area contributed by atoms with Crippen LogP contribution in [0.2, 0.25) is 5.02 Å². The molecular weight excluding hydrogens is 518 g/mol. The van der Waals surface area contributed by atoms with Crippen LogP contribution < -0.4 is 0 Å². The van der Waals surface area contributed by atoms with Crippen molar-refractivity contribution in [2.75, 3.05) is 25.4 Å². The Balaban J connectivity index is 1.26. The van der Waals surface area contributed by atoms with Crippen molar-refractivity contribution in [2.45, 2.75) is 24.5 Å². The molecule has 0 bridgehead atoms. The molecule has 2 amide bonds. The van der Waals surface area contributed by atoms with E-state index < -0.39 is 0 Å². The average Bonchev–Trinajstić information content (AvgIpc) is 3.34. The Morgan fingerprint density at radius 3 is 2.32 bits per heavy atom. The highest BCUT2D eigenvalue weighted by atomic mass is 35.5. The van der Waals surface area contributed by atoms with Crippen LogP contribution in [0.15, 0.2) is 90.1 Å². The number of carbonyl (C=O) groups is 2. The zero-order chi connectivity index (χ0) is 26.5. The first-order valence-corrected chi connectivity index (χ1v) is 13.9. The Morgan fingerprint density at radius 1 is 0.921 bits per heavy atom. The standard InChI is InChI=1S/C29H28ClN5O2S/c1-21-19-33(16-17-34(21)28(37)24-14-8-9-15-25(24)30)27(36)20-38-29-32-31-26(18-22-10-4-2-5-11-22)35(29)23-12-6-3-7-13-23/h2-15,21H,16-20H2,1H3. The van der Waals surface area contributed by atoms with E-state index in [2.05, 4.69) is 22.3 Å². The normalized spacial score (nSPS) is 15.5. The molecule has 0 radical (unpaired) electrons. The summed E-state index contributed by atoms with van der Waals surface area (Å²) in [7, 11) is 0. The van der Waals surface area contributed by atoms with Crippen LogP contribution in [0.5, 0.6) is 0 Å². The summed E-state index contributed by atoms with van der Waals surface area (Å²) < 4.78 is 2.02. The molecule has 9 heteroatoms. The van der Waals surface area contributed by atoms with Crippen molar-refractivity contribution in [3.63, 3.8) is 0 Å². The first kappa shape index (κ1) is 26.0. The number of thioether (sulfide) groups is 1. The Kier molecular flexibility index (Phi) is 8.10. The van der Waals surface area contributed by atoms with Crippen molar-refractivity contribution in [3.8, 4) is 5.69 Å². The first-order chi connectivity index (χ1) is 18.5. The Morgan fingerprint density at radius 2 is 1.61 bits per heavy atom. The molecule has 0 spiro atoms. The fourth-order valence-electron chi connectivity index (χ4n) is 4.62. The van der Waals surface area contributed by atoms with Gasteiger partial charge in [-0.3, -0.25) is 14.2 Å². The topological polar surface area (TPSA) is 71.3 Å². The third-order valence-electron chi connectivity index (χ3n) is 6.59. The summed E-state index contributed by atoms with van der Waals surface area (Å²) in [5, 5.41) is 10.0. The van der Waals surface area contributed by atoms with Gasteiger partial charge in [-0.1, -0.05) is 84.0 Å². The van der Waals surface area contributed by atoms with Gasteiger partial charge >= 0.3 is 0 Å². The second-order valence-electron chi connectivity index (χ2n) is 9.19. The van der Waals surface area contributed by atoms with Crippen LogP contribution >= 0.6 is 23.4 Å². The van der Waals surface area contributed by atoms with Gasteiger partial charge in [-0.2, -0.15) is 0 Å². The molecule has 1 fully saturated rings. The summed E-state index contributed by atoms with van der Waals surface area (Å²) in [6, 6.07) is 27.0. The highest BCUT2D eigenvalue weighted by Gasteiger charge is 2.31. The molecule has 38 heavy (non-hydrogen) atoms. The van der Waals surface area contributed by atoms with Crippen LogP contribution in [-0.4, -0.2) is 67.8 Å². The van der Waals surface area contributed by atoms with Gasteiger partial charge in [0, 0.05) is 37.8 Å². The minimum absolute atomic E-state index is 0.0129. The minimum atomic E-state index is -0.119. The van der Waals surface area contributed by atoms with E-state index in [9.17, 15) is 9.59 Å². The quantitative estimate of drug-likeness (QED) is 0.306. The monoisotopic (exact) mass is 545 g/mol. The van der Waals surface area contributed by atoms with E-state index in [1.165, 1.54) is 11.8 Å². The van der Waals surface area contributed by atoms with Gasteiger partial charge in [0.25, 0.3) is 5.91 Å². The molecule has 1 saturated heterocycles. The zero-order valence-electron chi connectivity index (χ0n) is 21.0. The van der Waals surface area contributed by atoms with Crippen molar-refractivity contribution in [1.29, 1.82) is 0 Å². The highest BCUT2D eigenvalue weighted by Crippen LogP contribution is 2.25. The van der Waals surface area contributed by atoms with Gasteiger partial charge in [-0.25, -0.2) is 0 Å². The number of benzene rings is 3. The van der Waals surface area contributed by atoms with E-state index >= 15 is 0 Å². The number of amides is 2. The lowest BCUT2D eigenvalue weighted by Gasteiger charge is -2.40. The second-order valence-corrected chi connectivity index (χ2v) is 10.5. The van der Waals surface area contributed by atoms with E-state index in [-0.39, 0.29) is 23.6 Å². The summed E-state index contributed by atoms with van der Waals surface area (Å²) in [5.41, 5.74) is 2.59. The van der Waals surface area contributed by atoms with E-state index in [1.54, 1.807) is 29.2 Å². The van der Waals surface area contributed by atoms with Gasteiger partial charge in [0.2, 0.25) is 5.91 Å². The van der Waals surface area contributed by atoms with Gasteiger partial charge in [0.05, 0.1) is 16.3 Å². The molecule has 1 aliphatic heterocycles. The third-order valence-corrected chi connectivity index (χ3v) is 7.83. The summed E-state index contributed by atoms with van der Waals surface area (Å²) >= 11 is 7.62. The molecule has 0 saturated carbocycles. The van der Waals surface area contributed by atoms with E-state index in [0.717, 1.165) is 17.1 Å². The number of hydrogen-bond acceptors (Lipinski definition) is 5. The van der Waals surface area contributed by atoms with Crippen LogP contribution in [-0.2, 0) is 11.2 Å². The minimum Gasteiger partial charge on any atom is -0.338 e.